The van der Waals surface area contributed by atoms with Gasteiger partial charge in [-0.05, 0) is 83.5 Å². The Balaban J connectivity index is 1.78. The summed E-state index contributed by atoms with van der Waals surface area (Å²) in [4.78, 5) is 29.8. The van der Waals surface area contributed by atoms with Gasteiger partial charge in [-0.15, -0.1) is 0 Å². The summed E-state index contributed by atoms with van der Waals surface area (Å²) >= 11 is 2.15. The molecule has 0 radical (unpaired) electrons. The van der Waals surface area contributed by atoms with E-state index in [1.165, 1.54) is 17.0 Å². The standard InChI is InChI=1S/C34H36IN3O4S/c1-3-26(2)36-34(40)32(23-27-13-7-4-8-14-27)37(24-28-15-9-5-10-16-28)33(39)25-38(30-21-19-29(35)20-22-30)43(41,42)31-17-11-6-12-18-31/h4-22,26,32H,3,23-25H2,1-2H3,(H,36,40)/t26-,32+/m1/s1. The van der Waals surface area contributed by atoms with Crippen LogP contribution in [0.5, 0.6) is 0 Å². The third kappa shape index (κ3) is 8.67. The first-order valence-corrected chi connectivity index (χ1v) is 16.7. The summed E-state index contributed by atoms with van der Waals surface area (Å²) in [7, 11) is -4.11. The number of carbonyl (C=O) groups excluding carboxylic acids is 2. The predicted octanol–water partition coefficient (Wildman–Crippen LogP) is 6.04. The molecule has 0 aliphatic heterocycles. The number of hydrogen-bond donors (Lipinski definition) is 1. The molecular formula is C34H36IN3O4S. The van der Waals surface area contributed by atoms with Gasteiger partial charge < -0.3 is 10.2 Å². The molecule has 9 heteroatoms. The van der Waals surface area contributed by atoms with Crippen molar-refractivity contribution in [2.45, 2.75) is 50.2 Å². The maximum absolute atomic E-state index is 14.4. The Hall–Kier alpha value is -3.70. The molecule has 4 rings (SSSR count). The topological polar surface area (TPSA) is 86.8 Å². The Bertz CT molecular complexity index is 1590. The molecule has 0 saturated carbocycles. The van der Waals surface area contributed by atoms with Gasteiger partial charge in [0.15, 0.2) is 0 Å². The van der Waals surface area contributed by atoms with Gasteiger partial charge in [0.05, 0.1) is 10.6 Å². The van der Waals surface area contributed by atoms with Crippen molar-refractivity contribution in [1.82, 2.24) is 10.2 Å². The average molecular weight is 710 g/mol. The van der Waals surface area contributed by atoms with Crippen LogP contribution in [0, 0.1) is 3.57 Å². The van der Waals surface area contributed by atoms with Gasteiger partial charge in [-0.1, -0.05) is 85.8 Å². The van der Waals surface area contributed by atoms with Crippen LogP contribution >= 0.6 is 22.6 Å². The van der Waals surface area contributed by atoms with E-state index in [0.717, 1.165) is 25.4 Å². The fourth-order valence-electron chi connectivity index (χ4n) is 4.63. The van der Waals surface area contributed by atoms with E-state index in [1.54, 1.807) is 42.5 Å². The monoisotopic (exact) mass is 709 g/mol. The van der Waals surface area contributed by atoms with Crippen molar-refractivity contribution in [2.75, 3.05) is 10.8 Å². The second kappa shape index (κ2) is 15.2. The lowest BCUT2D eigenvalue weighted by Crippen LogP contribution is -2.54. The molecule has 43 heavy (non-hydrogen) atoms. The van der Waals surface area contributed by atoms with Crippen LogP contribution < -0.4 is 9.62 Å². The Kier molecular flexibility index (Phi) is 11.4. The van der Waals surface area contributed by atoms with Crippen molar-refractivity contribution in [3.63, 3.8) is 0 Å². The lowest BCUT2D eigenvalue weighted by molar-refractivity contribution is -0.140. The summed E-state index contributed by atoms with van der Waals surface area (Å²) < 4.78 is 30.0. The molecule has 0 spiro atoms. The van der Waals surface area contributed by atoms with Crippen LogP contribution in [0.15, 0.2) is 120 Å². The maximum Gasteiger partial charge on any atom is 0.264 e. The van der Waals surface area contributed by atoms with E-state index in [1.807, 2.05) is 74.5 Å². The zero-order valence-electron chi connectivity index (χ0n) is 24.3. The molecule has 0 fully saturated rings. The maximum atomic E-state index is 14.4. The molecule has 224 valence electrons. The molecule has 0 bridgehead atoms. The highest BCUT2D eigenvalue weighted by atomic mass is 127. The van der Waals surface area contributed by atoms with Crippen LogP contribution in [0.4, 0.5) is 5.69 Å². The van der Waals surface area contributed by atoms with Crippen LogP contribution in [0.1, 0.15) is 31.4 Å². The Morgan fingerprint density at radius 1 is 0.791 bits per heavy atom. The Labute approximate surface area is 268 Å². The van der Waals surface area contributed by atoms with Crippen molar-refractivity contribution < 1.29 is 18.0 Å². The van der Waals surface area contributed by atoms with Crippen molar-refractivity contribution in [2.24, 2.45) is 0 Å². The number of nitrogens with one attached hydrogen (secondary N) is 1. The summed E-state index contributed by atoms with van der Waals surface area (Å²) in [5.41, 5.74) is 2.09. The summed E-state index contributed by atoms with van der Waals surface area (Å²) in [6.45, 7) is 3.56. The van der Waals surface area contributed by atoms with Gasteiger partial charge in [0.2, 0.25) is 11.8 Å². The molecular weight excluding hydrogens is 673 g/mol. The van der Waals surface area contributed by atoms with E-state index in [0.29, 0.717) is 5.69 Å². The van der Waals surface area contributed by atoms with Crippen LogP contribution in [-0.2, 0) is 32.6 Å². The largest absolute Gasteiger partial charge is 0.352 e. The first-order chi connectivity index (χ1) is 20.7. The molecule has 0 saturated heterocycles. The minimum atomic E-state index is -4.11. The highest BCUT2D eigenvalue weighted by Gasteiger charge is 2.34. The number of sulfonamides is 1. The smallest absolute Gasteiger partial charge is 0.264 e. The van der Waals surface area contributed by atoms with Crippen LogP contribution in [-0.4, -0.2) is 43.8 Å². The molecule has 0 aromatic heterocycles. The molecule has 0 unspecified atom stereocenters. The summed E-state index contributed by atoms with van der Waals surface area (Å²) in [5.74, 6) is -0.767. The number of rotatable bonds is 13. The highest BCUT2D eigenvalue weighted by Crippen LogP contribution is 2.26. The zero-order chi connectivity index (χ0) is 30.8. The first-order valence-electron chi connectivity index (χ1n) is 14.2. The summed E-state index contributed by atoms with van der Waals surface area (Å²) in [6, 6.07) is 33.0. The number of nitrogens with zero attached hydrogens (tertiary/aromatic N) is 2. The number of hydrogen-bond acceptors (Lipinski definition) is 4. The molecule has 4 aromatic carbocycles. The molecule has 2 atom stereocenters. The minimum Gasteiger partial charge on any atom is -0.352 e. The van der Waals surface area contributed by atoms with Crippen molar-refractivity contribution >= 4 is 50.1 Å². The van der Waals surface area contributed by atoms with E-state index in [2.05, 4.69) is 27.9 Å². The van der Waals surface area contributed by atoms with E-state index < -0.39 is 28.5 Å². The molecule has 4 aromatic rings. The average Bonchev–Trinajstić information content (AvgIpc) is 3.03. The summed E-state index contributed by atoms with van der Waals surface area (Å²) in [5, 5.41) is 3.05. The van der Waals surface area contributed by atoms with Crippen molar-refractivity contribution in [1.29, 1.82) is 0 Å². The molecule has 1 N–H and O–H groups in total. The lowest BCUT2D eigenvalue weighted by Gasteiger charge is -2.34. The molecule has 0 heterocycles. The third-order valence-corrected chi connectivity index (χ3v) is 9.70. The van der Waals surface area contributed by atoms with Crippen LogP contribution in [0.25, 0.3) is 0 Å². The molecule has 2 amide bonds. The van der Waals surface area contributed by atoms with Gasteiger partial charge >= 0.3 is 0 Å². The Morgan fingerprint density at radius 2 is 1.33 bits per heavy atom. The van der Waals surface area contributed by atoms with Gasteiger partial charge in [0.1, 0.15) is 12.6 Å². The second-order valence-corrected chi connectivity index (χ2v) is 13.4. The molecule has 0 aliphatic rings. The van der Waals surface area contributed by atoms with E-state index in [9.17, 15) is 18.0 Å². The van der Waals surface area contributed by atoms with E-state index in [4.69, 9.17) is 0 Å². The van der Waals surface area contributed by atoms with Gasteiger partial charge in [-0.2, -0.15) is 0 Å². The second-order valence-electron chi connectivity index (χ2n) is 10.3. The summed E-state index contributed by atoms with van der Waals surface area (Å²) in [6.07, 6.45) is 1.00. The first kappa shape index (κ1) is 32.2. The molecule has 0 aliphatic carbocycles. The zero-order valence-corrected chi connectivity index (χ0v) is 27.2. The highest BCUT2D eigenvalue weighted by molar-refractivity contribution is 14.1. The normalized spacial score (nSPS) is 12.6. The number of amides is 2. The third-order valence-electron chi connectivity index (χ3n) is 7.19. The minimum absolute atomic E-state index is 0.0753. The fraction of sp³-hybridized carbons (Fsp3) is 0.235. The number of halogens is 1. The van der Waals surface area contributed by atoms with E-state index >= 15 is 0 Å². The van der Waals surface area contributed by atoms with Gasteiger partial charge in [0.25, 0.3) is 10.0 Å². The lowest BCUT2D eigenvalue weighted by atomic mass is 10.0. The van der Waals surface area contributed by atoms with Gasteiger partial charge in [0, 0.05) is 22.6 Å². The Morgan fingerprint density at radius 3 is 1.88 bits per heavy atom. The fourth-order valence-corrected chi connectivity index (χ4v) is 6.43. The van der Waals surface area contributed by atoms with Crippen LogP contribution in [0.2, 0.25) is 0 Å². The van der Waals surface area contributed by atoms with Crippen molar-refractivity contribution in [3.8, 4) is 0 Å². The van der Waals surface area contributed by atoms with Gasteiger partial charge in [-0.3, -0.25) is 13.9 Å². The predicted molar refractivity (Wildman–Crippen MR) is 179 cm³/mol. The van der Waals surface area contributed by atoms with Crippen molar-refractivity contribution in [3.05, 3.63) is 130 Å². The van der Waals surface area contributed by atoms with E-state index in [-0.39, 0.29) is 29.8 Å². The number of benzene rings is 4. The number of carbonyl (C=O) groups is 2. The SMILES string of the molecule is CC[C@@H](C)NC(=O)[C@H](Cc1ccccc1)N(Cc1ccccc1)C(=O)CN(c1ccc(I)cc1)S(=O)(=O)c1ccccc1. The quantitative estimate of drug-likeness (QED) is 0.172. The number of anilines is 1. The molecule has 7 nitrogen and oxygen atoms in total. The van der Waals surface area contributed by atoms with Gasteiger partial charge in [-0.25, -0.2) is 8.42 Å². The van der Waals surface area contributed by atoms with Crippen LogP contribution in [0.3, 0.4) is 0 Å².